The molecule has 0 radical (unpaired) electrons. The van der Waals surface area contributed by atoms with Crippen molar-refractivity contribution in [1.82, 2.24) is 9.55 Å². The first-order valence-electron chi connectivity index (χ1n) is 10.1. The largest absolute Gasteiger partial charge is 0.385 e. The second-order valence-electron chi connectivity index (χ2n) is 8.12. The van der Waals surface area contributed by atoms with Crippen molar-refractivity contribution in [1.29, 1.82) is 5.26 Å². The molecule has 2 aromatic carbocycles. The molecule has 30 heavy (non-hydrogen) atoms. The van der Waals surface area contributed by atoms with Gasteiger partial charge in [0.1, 0.15) is 0 Å². The van der Waals surface area contributed by atoms with Crippen molar-refractivity contribution in [2.24, 2.45) is 0 Å². The van der Waals surface area contributed by atoms with Crippen LogP contribution in [-0.2, 0) is 15.9 Å². The Morgan fingerprint density at radius 3 is 2.33 bits per heavy atom. The molecule has 1 atom stereocenters. The van der Waals surface area contributed by atoms with Crippen molar-refractivity contribution in [3.05, 3.63) is 59.7 Å². The van der Waals surface area contributed by atoms with Crippen LogP contribution in [0.15, 0.2) is 48.5 Å². The number of anilines is 1. The zero-order chi connectivity index (χ0) is 22.5. The molecule has 2 N–H and O–H groups in total. The molecule has 158 valence electrons. The molecule has 0 aliphatic carbocycles. The Morgan fingerprint density at radius 1 is 1.13 bits per heavy atom. The van der Waals surface area contributed by atoms with Gasteiger partial charge in [-0.1, -0.05) is 44.2 Å². The van der Waals surface area contributed by atoms with Crippen molar-refractivity contribution in [3.63, 3.8) is 0 Å². The number of nitrogens with one attached hydrogen (secondary N) is 1. The number of aliphatic hydroxyl groups is 1. The smallest absolute Gasteiger partial charge is 0.229 e. The minimum atomic E-state index is -1.29. The summed E-state index contributed by atoms with van der Waals surface area (Å²) >= 11 is 0. The lowest BCUT2D eigenvalue weighted by Gasteiger charge is -2.26. The highest BCUT2D eigenvalue weighted by Crippen LogP contribution is 2.30. The van der Waals surface area contributed by atoms with Gasteiger partial charge in [0.05, 0.1) is 34.7 Å². The summed E-state index contributed by atoms with van der Waals surface area (Å²) < 4.78 is 1.90. The molecular formula is C24H30N4O2. The molecule has 0 saturated carbocycles. The number of hydrogen-bond donors (Lipinski definition) is 2. The summed E-state index contributed by atoms with van der Waals surface area (Å²) in [6, 6.07) is 16.5. The van der Waals surface area contributed by atoms with Crippen LogP contribution in [0.1, 0.15) is 59.1 Å². The van der Waals surface area contributed by atoms with Gasteiger partial charge in [0, 0.05) is 5.54 Å². The Morgan fingerprint density at radius 2 is 1.77 bits per heavy atom. The molecule has 1 amide bonds. The Balaban J connectivity index is 0.00000155. The zero-order valence-electron chi connectivity index (χ0n) is 18.5. The molecule has 0 aliphatic rings. The summed E-state index contributed by atoms with van der Waals surface area (Å²) in [4.78, 5) is 17.2. The first-order chi connectivity index (χ1) is 14.1. The van der Waals surface area contributed by atoms with Gasteiger partial charge in [-0.3, -0.25) is 10.1 Å². The van der Waals surface area contributed by atoms with Crippen molar-refractivity contribution >= 4 is 22.9 Å². The number of nitriles is 1. The van der Waals surface area contributed by atoms with Crippen LogP contribution >= 0.6 is 0 Å². The summed E-state index contributed by atoms with van der Waals surface area (Å²) in [5.74, 6) is 0.0571. The normalized spacial score (nSPS) is 13.0. The third-order valence-electron chi connectivity index (χ3n) is 4.61. The second kappa shape index (κ2) is 9.10. The van der Waals surface area contributed by atoms with E-state index in [0.29, 0.717) is 22.6 Å². The predicted octanol–water partition coefficient (Wildman–Crippen LogP) is 4.93. The van der Waals surface area contributed by atoms with Gasteiger partial charge >= 0.3 is 0 Å². The maximum atomic E-state index is 12.7. The number of rotatable bonds is 4. The molecule has 0 fully saturated rings. The third kappa shape index (κ3) is 5.05. The van der Waals surface area contributed by atoms with Crippen molar-refractivity contribution in [2.45, 2.75) is 59.1 Å². The fourth-order valence-electron chi connectivity index (χ4n) is 3.29. The summed E-state index contributed by atoms with van der Waals surface area (Å²) in [6.45, 7) is 11.6. The molecule has 6 nitrogen and oxygen atoms in total. The van der Waals surface area contributed by atoms with E-state index in [-0.39, 0.29) is 17.9 Å². The fraction of sp³-hybridized carbons (Fsp3) is 0.375. The van der Waals surface area contributed by atoms with E-state index in [0.717, 1.165) is 5.52 Å². The maximum absolute atomic E-state index is 12.7. The number of benzene rings is 2. The van der Waals surface area contributed by atoms with Gasteiger partial charge in [0.25, 0.3) is 0 Å². The van der Waals surface area contributed by atoms with Gasteiger partial charge in [-0.05, 0) is 51.5 Å². The second-order valence-corrected chi connectivity index (χ2v) is 8.12. The van der Waals surface area contributed by atoms with E-state index in [1.165, 1.54) is 0 Å². The monoisotopic (exact) mass is 406 g/mol. The average Bonchev–Trinajstić information content (AvgIpc) is 3.06. The molecule has 6 heteroatoms. The van der Waals surface area contributed by atoms with E-state index >= 15 is 0 Å². The Labute approximate surface area is 178 Å². The Kier molecular flexibility index (Phi) is 7.01. The van der Waals surface area contributed by atoms with Gasteiger partial charge in [0.15, 0.2) is 0 Å². The fourth-order valence-corrected chi connectivity index (χ4v) is 3.29. The van der Waals surface area contributed by atoms with Crippen LogP contribution in [0.25, 0.3) is 11.0 Å². The van der Waals surface area contributed by atoms with Crippen molar-refractivity contribution in [2.75, 3.05) is 5.32 Å². The summed E-state index contributed by atoms with van der Waals surface area (Å²) in [6.07, 6.45) is -0.103. The van der Waals surface area contributed by atoms with Gasteiger partial charge < -0.3 is 9.67 Å². The van der Waals surface area contributed by atoms with Crippen molar-refractivity contribution < 1.29 is 9.90 Å². The number of aromatic nitrogens is 2. The number of fused-ring (bicyclic) bond motifs is 1. The maximum Gasteiger partial charge on any atom is 0.229 e. The lowest BCUT2D eigenvalue weighted by atomic mass is 9.92. The Bertz CT molecular complexity index is 1050. The zero-order valence-corrected chi connectivity index (χ0v) is 18.5. The highest BCUT2D eigenvalue weighted by molar-refractivity contribution is 5.92. The van der Waals surface area contributed by atoms with Crippen molar-refractivity contribution in [3.8, 4) is 6.07 Å². The third-order valence-corrected chi connectivity index (χ3v) is 4.61. The molecule has 0 spiro atoms. The highest BCUT2D eigenvalue weighted by atomic mass is 16.3. The lowest BCUT2D eigenvalue weighted by Crippen LogP contribution is -2.31. The van der Waals surface area contributed by atoms with E-state index in [1.807, 2.05) is 57.4 Å². The standard InChI is InChI=1S/C22H24N4O2.C2H6/c1-21(2,3)26-18-12-15(14-23)10-11-17(18)24-20(26)25-19(27)13-22(4,28)16-8-6-5-7-9-16;1-2/h5-12,28H,13H2,1-4H3,(H,24,25,27);1-2H3/t22-;/m1./s1. The molecule has 0 unspecified atom stereocenters. The summed E-state index contributed by atoms with van der Waals surface area (Å²) in [5, 5.41) is 22.8. The van der Waals surface area contributed by atoms with E-state index in [9.17, 15) is 15.2 Å². The molecule has 0 aliphatic heterocycles. The number of hydrogen-bond acceptors (Lipinski definition) is 4. The number of carbonyl (C=O) groups excluding carboxylic acids is 1. The van der Waals surface area contributed by atoms with Crippen LogP contribution < -0.4 is 5.32 Å². The number of imidazole rings is 1. The van der Waals surface area contributed by atoms with Crippen LogP contribution in [0.2, 0.25) is 0 Å². The SMILES string of the molecule is CC.CC(C)(C)n1c(NC(=O)C[C@@](C)(O)c2ccccc2)nc2ccc(C#N)cc21. The minimum absolute atomic E-state index is 0.103. The van der Waals surface area contributed by atoms with Crippen LogP contribution in [-0.4, -0.2) is 20.6 Å². The van der Waals surface area contributed by atoms with Crippen LogP contribution in [0.4, 0.5) is 5.95 Å². The molecule has 3 rings (SSSR count). The molecule has 0 bridgehead atoms. The number of carbonyl (C=O) groups is 1. The first kappa shape index (κ1) is 23.1. The van der Waals surface area contributed by atoms with Crippen LogP contribution in [0.3, 0.4) is 0 Å². The van der Waals surface area contributed by atoms with Gasteiger partial charge in [0.2, 0.25) is 11.9 Å². The molecule has 1 heterocycles. The number of amides is 1. The lowest BCUT2D eigenvalue weighted by molar-refractivity contribution is -0.120. The van der Waals surface area contributed by atoms with Gasteiger partial charge in [-0.25, -0.2) is 4.98 Å². The molecular weight excluding hydrogens is 376 g/mol. The van der Waals surface area contributed by atoms with Gasteiger partial charge in [-0.15, -0.1) is 0 Å². The van der Waals surface area contributed by atoms with Crippen LogP contribution in [0.5, 0.6) is 0 Å². The van der Waals surface area contributed by atoms with E-state index < -0.39 is 5.60 Å². The quantitative estimate of drug-likeness (QED) is 0.643. The highest BCUT2D eigenvalue weighted by Gasteiger charge is 2.28. The summed E-state index contributed by atoms with van der Waals surface area (Å²) in [5.41, 5.74) is 1.01. The van der Waals surface area contributed by atoms with E-state index in [1.54, 1.807) is 37.3 Å². The topological polar surface area (TPSA) is 90.9 Å². The van der Waals surface area contributed by atoms with E-state index in [2.05, 4.69) is 16.4 Å². The van der Waals surface area contributed by atoms with Gasteiger partial charge in [-0.2, -0.15) is 5.26 Å². The first-order valence-corrected chi connectivity index (χ1v) is 10.1. The molecule has 1 aromatic heterocycles. The Hall–Kier alpha value is -3.17. The van der Waals surface area contributed by atoms with E-state index in [4.69, 9.17) is 0 Å². The predicted molar refractivity (Wildman–Crippen MR) is 120 cm³/mol. The summed E-state index contributed by atoms with van der Waals surface area (Å²) in [7, 11) is 0. The van der Waals surface area contributed by atoms with Crippen LogP contribution in [0, 0.1) is 11.3 Å². The number of nitrogens with zero attached hydrogens (tertiary/aromatic N) is 3. The molecule has 0 saturated heterocycles. The molecule has 3 aromatic rings. The average molecular weight is 407 g/mol. The minimum Gasteiger partial charge on any atom is -0.385 e.